The van der Waals surface area contributed by atoms with Crippen LogP contribution in [0.4, 0.5) is 5.69 Å². The van der Waals surface area contributed by atoms with Gasteiger partial charge in [0, 0.05) is 16.5 Å². The fraction of sp³-hybridized carbons (Fsp3) is 0.273. The van der Waals surface area contributed by atoms with E-state index in [0.29, 0.717) is 5.69 Å². The molecule has 0 spiro atoms. The molecule has 2 N–H and O–H groups in total. The number of hydrogen-bond donors (Lipinski definition) is 2. The summed E-state index contributed by atoms with van der Waals surface area (Å²) in [6, 6.07) is 7.18. The first-order chi connectivity index (χ1) is 7.99. The minimum absolute atomic E-state index is 0.305. The number of amides is 1. The Morgan fingerprint density at radius 2 is 1.94 bits per heavy atom. The minimum atomic E-state index is -1.67. The predicted molar refractivity (Wildman–Crippen MR) is 65.3 cm³/mol. The zero-order chi connectivity index (χ0) is 12.8. The number of para-hydroxylation sites is 1. The van der Waals surface area contributed by atoms with E-state index in [1.165, 1.54) is 0 Å². The zero-order valence-corrected chi connectivity index (χ0v) is 10.1. The molecule has 0 aromatic heterocycles. The molecule has 1 aromatic rings. The zero-order valence-electron chi connectivity index (χ0n) is 9.30. The second-order valence-electron chi connectivity index (χ2n) is 3.49. The van der Waals surface area contributed by atoms with Gasteiger partial charge in [0.1, 0.15) is 11.5 Å². The molecule has 0 saturated carbocycles. The topological polar surface area (TPSA) is 83.5 Å². The van der Waals surface area contributed by atoms with Gasteiger partial charge in [0.15, 0.2) is 0 Å². The molecule has 0 unspecified atom stereocenters. The third-order valence-electron chi connectivity index (χ3n) is 2.00. The van der Waals surface area contributed by atoms with Crippen LogP contribution in [0.1, 0.15) is 5.56 Å². The normalized spacial score (nSPS) is 11.8. The van der Waals surface area contributed by atoms with E-state index >= 15 is 0 Å². The van der Waals surface area contributed by atoms with E-state index in [1.54, 1.807) is 12.1 Å². The summed E-state index contributed by atoms with van der Waals surface area (Å²) in [4.78, 5) is 21.7. The van der Waals surface area contributed by atoms with Crippen molar-refractivity contribution in [1.29, 1.82) is 0 Å². The lowest BCUT2D eigenvalue weighted by Gasteiger charge is -2.07. The maximum Gasteiger partial charge on any atom is 0.316 e. The van der Waals surface area contributed by atoms with Crippen LogP contribution in [0.15, 0.2) is 24.3 Å². The summed E-state index contributed by atoms with van der Waals surface area (Å²) >= 11 is 0. The van der Waals surface area contributed by atoms with Crippen LogP contribution in [0.5, 0.6) is 0 Å². The molecule has 1 rings (SSSR count). The number of carboxylic acid groups (broad SMARTS) is 1. The van der Waals surface area contributed by atoms with E-state index in [-0.39, 0.29) is 5.75 Å². The molecule has 0 aliphatic carbocycles. The lowest BCUT2D eigenvalue weighted by molar-refractivity contribution is -0.133. The first-order valence-electron chi connectivity index (χ1n) is 4.91. The Hall–Kier alpha value is -1.69. The molecule has 6 heteroatoms. The van der Waals surface area contributed by atoms with E-state index in [2.05, 4.69) is 5.32 Å². The van der Waals surface area contributed by atoms with Crippen LogP contribution in [0.3, 0.4) is 0 Å². The molecule has 5 nitrogen and oxygen atoms in total. The number of carbonyl (C=O) groups is 2. The van der Waals surface area contributed by atoms with E-state index in [4.69, 9.17) is 5.11 Å². The predicted octanol–water partition coefficient (Wildman–Crippen LogP) is 0.767. The maximum atomic E-state index is 11.5. The third-order valence-corrected chi connectivity index (χ3v) is 3.15. The van der Waals surface area contributed by atoms with Gasteiger partial charge in [-0.1, -0.05) is 18.2 Å². The summed E-state index contributed by atoms with van der Waals surface area (Å²) in [5.74, 6) is -2.44. The largest absolute Gasteiger partial charge is 0.481 e. The first-order valence-corrected chi connectivity index (χ1v) is 6.40. The second kappa shape index (κ2) is 6.15. The number of carboxylic acids is 1. The van der Waals surface area contributed by atoms with Gasteiger partial charge in [0.2, 0.25) is 5.91 Å². The van der Waals surface area contributed by atoms with Crippen LogP contribution < -0.4 is 5.32 Å². The molecule has 0 heterocycles. The highest BCUT2D eigenvalue weighted by Crippen LogP contribution is 2.12. The van der Waals surface area contributed by atoms with Gasteiger partial charge in [-0.05, 0) is 18.6 Å². The Balaban J connectivity index is 2.53. The van der Waals surface area contributed by atoms with Crippen molar-refractivity contribution in [2.24, 2.45) is 0 Å². The van der Waals surface area contributed by atoms with Crippen LogP contribution in [0.25, 0.3) is 0 Å². The summed E-state index contributed by atoms with van der Waals surface area (Å²) in [5.41, 5.74) is 1.54. The molecule has 92 valence electrons. The number of anilines is 1. The van der Waals surface area contributed by atoms with Gasteiger partial charge in [-0.3, -0.25) is 13.8 Å². The number of hydrogen-bond acceptors (Lipinski definition) is 3. The highest BCUT2D eigenvalue weighted by molar-refractivity contribution is 7.86. The Kier molecular flexibility index (Phi) is 4.84. The third kappa shape index (κ3) is 4.78. The summed E-state index contributed by atoms with van der Waals surface area (Å²) in [6.07, 6.45) is 0. The van der Waals surface area contributed by atoms with Crippen molar-refractivity contribution in [1.82, 2.24) is 0 Å². The first kappa shape index (κ1) is 13.4. The monoisotopic (exact) mass is 255 g/mol. The van der Waals surface area contributed by atoms with Crippen LogP contribution in [-0.4, -0.2) is 32.7 Å². The molecule has 0 radical (unpaired) electrons. The second-order valence-corrected chi connectivity index (χ2v) is 4.94. The summed E-state index contributed by atoms with van der Waals surface area (Å²) in [5, 5.41) is 11.0. The van der Waals surface area contributed by atoms with Crippen molar-refractivity contribution in [3.63, 3.8) is 0 Å². The molecule has 1 amide bonds. The highest BCUT2D eigenvalue weighted by Gasteiger charge is 2.12. The lowest BCUT2D eigenvalue weighted by atomic mass is 10.2. The van der Waals surface area contributed by atoms with Gasteiger partial charge < -0.3 is 10.4 Å². The number of carbonyl (C=O) groups excluding carboxylic acids is 1. The maximum absolute atomic E-state index is 11.5. The molecular formula is C11H13NO4S. The Bertz CT molecular complexity index is 459. The fourth-order valence-corrected chi connectivity index (χ4v) is 1.98. The number of benzene rings is 1. The summed E-state index contributed by atoms with van der Waals surface area (Å²) < 4.78 is 11.2. The van der Waals surface area contributed by atoms with Gasteiger partial charge in [-0.2, -0.15) is 0 Å². The average molecular weight is 255 g/mol. The molecule has 0 aliphatic rings. The van der Waals surface area contributed by atoms with Crippen molar-refractivity contribution >= 4 is 28.4 Å². The van der Waals surface area contributed by atoms with Gasteiger partial charge in [0.25, 0.3) is 0 Å². The fourth-order valence-electron chi connectivity index (χ4n) is 1.23. The SMILES string of the molecule is Cc1ccccc1NC(=O)C[S@@](=O)CC(=O)O. The smallest absolute Gasteiger partial charge is 0.316 e. The quantitative estimate of drug-likeness (QED) is 0.814. The van der Waals surface area contributed by atoms with E-state index < -0.39 is 28.4 Å². The van der Waals surface area contributed by atoms with Crippen LogP contribution >= 0.6 is 0 Å². The van der Waals surface area contributed by atoms with Gasteiger partial charge in [0.05, 0.1) is 0 Å². The van der Waals surface area contributed by atoms with Crippen molar-refractivity contribution in [3.8, 4) is 0 Å². The van der Waals surface area contributed by atoms with Gasteiger partial charge in [-0.15, -0.1) is 0 Å². The standard InChI is InChI=1S/C11H13NO4S/c1-8-4-2-3-5-9(8)12-10(13)6-17(16)7-11(14)15/h2-5H,6-7H2,1H3,(H,12,13)(H,14,15)/t17-/m1/s1. The van der Waals surface area contributed by atoms with Crippen LogP contribution in [-0.2, 0) is 20.4 Å². The number of nitrogens with one attached hydrogen (secondary N) is 1. The molecule has 17 heavy (non-hydrogen) atoms. The number of aliphatic carboxylic acids is 1. The van der Waals surface area contributed by atoms with Crippen LogP contribution in [0.2, 0.25) is 0 Å². The molecule has 0 aliphatic heterocycles. The van der Waals surface area contributed by atoms with Crippen LogP contribution in [0, 0.1) is 6.92 Å². The van der Waals surface area contributed by atoms with E-state index in [0.717, 1.165) is 5.56 Å². The number of aryl methyl sites for hydroxylation is 1. The summed E-state index contributed by atoms with van der Waals surface area (Å²) in [6.45, 7) is 1.84. The van der Waals surface area contributed by atoms with Crippen molar-refractivity contribution in [3.05, 3.63) is 29.8 Å². The Morgan fingerprint density at radius 1 is 1.29 bits per heavy atom. The molecule has 1 atom stereocenters. The highest BCUT2D eigenvalue weighted by atomic mass is 32.2. The van der Waals surface area contributed by atoms with E-state index in [9.17, 15) is 13.8 Å². The van der Waals surface area contributed by atoms with Gasteiger partial charge >= 0.3 is 5.97 Å². The van der Waals surface area contributed by atoms with Gasteiger partial charge in [-0.25, -0.2) is 0 Å². The molecule has 0 bridgehead atoms. The summed E-state index contributed by atoms with van der Waals surface area (Å²) in [7, 11) is -1.67. The molecule has 1 aromatic carbocycles. The van der Waals surface area contributed by atoms with Crippen molar-refractivity contribution in [2.75, 3.05) is 16.8 Å². The van der Waals surface area contributed by atoms with Crippen molar-refractivity contribution < 1.29 is 18.9 Å². The molecular weight excluding hydrogens is 242 g/mol. The molecule has 0 saturated heterocycles. The average Bonchev–Trinajstić information content (AvgIpc) is 2.19. The van der Waals surface area contributed by atoms with Crippen molar-refractivity contribution in [2.45, 2.75) is 6.92 Å². The van der Waals surface area contributed by atoms with E-state index in [1.807, 2.05) is 19.1 Å². The molecule has 0 fully saturated rings. The Morgan fingerprint density at radius 3 is 2.53 bits per heavy atom. The minimum Gasteiger partial charge on any atom is -0.481 e. The Labute approximate surface area is 101 Å². The lowest BCUT2D eigenvalue weighted by Crippen LogP contribution is -2.23. The number of rotatable bonds is 5.